The van der Waals surface area contributed by atoms with Crippen LogP contribution in [0.15, 0.2) is 54.6 Å². The van der Waals surface area contributed by atoms with E-state index >= 15 is 0 Å². The molecule has 7 N–H and O–H groups in total. The second-order valence-corrected chi connectivity index (χ2v) is 14.0. The number of nitrogens with one attached hydrogen (secondary N) is 5. The number of para-hydroxylation sites is 2. The molecule has 2 aromatic carbocycles. The molecule has 1 unspecified atom stereocenters. The molecule has 3 aliphatic rings. The maximum atomic E-state index is 14.0. The fourth-order valence-electron chi connectivity index (χ4n) is 6.33. The summed E-state index contributed by atoms with van der Waals surface area (Å²) in [5, 5.41) is 15.0. The van der Waals surface area contributed by atoms with Gasteiger partial charge in [0, 0.05) is 30.5 Å². The van der Waals surface area contributed by atoms with Crippen LogP contribution in [0.5, 0.6) is 5.75 Å². The van der Waals surface area contributed by atoms with Crippen molar-refractivity contribution in [1.29, 1.82) is 0 Å². The van der Waals surface area contributed by atoms with Gasteiger partial charge in [0.05, 0.1) is 23.8 Å². The van der Waals surface area contributed by atoms with Crippen LogP contribution in [0.4, 0.5) is 10.5 Å². The Labute approximate surface area is 291 Å². The number of unbranched alkanes of at least 4 members (excludes halogenated alkanes) is 3. The summed E-state index contributed by atoms with van der Waals surface area (Å²) in [5.74, 6) is 0.0586. The van der Waals surface area contributed by atoms with Crippen molar-refractivity contribution in [3.8, 4) is 5.75 Å². The Hall–Kier alpha value is -4.30. The van der Waals surface area contributed by atoms with Gasteiger partial charge in [-0.2, -0.15) is 11.8 Å². The number of nitrogens with zero attached hydrogens (tertiary/aromatic N) is 1. The van der Waals surface area contributed by atoms with Crippen LogP contribution in [-0.2, 0) is 19.2 Å². The van der Waals surface area contributed by atoms with Crippen LogP contribution in [-0.4, -0.2) is 84.5 Å². The summed E-state index contributed by atoms with van der Waals surface area (Å²) in [7, 11) is 0. The molecular formula is C35H47N7O6S. The maximum Gasteiger partial charge on any atom is 0.315 e. The van der Waals surface area contributed by atoms with Gasteiger partial charge in [-0.3, -0.25) is 24.1 Å². The number of carbonyl (C=O) groups excluding carboxylic acids is 5. The number of anilines is 1. The lowest BCUT2D eigenvalue weighted by atomic mass is 10.0. The highest BCUT2D eigenvalue weighted by molar-refractivity contribution is 8.00. The predicted molar refractivity (Wildman–Crippen MR) is 188 cm³/mol. The molecule has 49 heavy (non-hydrogen) atoms. The van der Waals surface area contributed by atoms with E-state index in [2.05, 4.69) is 26.6 Å². The highest BCUT2D eigenvalue weighted by Gasteiger charge is 2.43. The van der Waals surface area contributed by atoms with Gasteiger partial charge in [0.15, 0.2) is 6.10 Å². The van der Waals surface area contributed by atoms with E-state index in [-0.39, 0.29) is 36.5 Å². The SMILES string of the molecule is C[C@H](N)C(=O)N[C@@H]1C(=O)N(CC(=O)NCCCCCNC(=O)CCCCC2SC[C@@H]3NC(=O)N[C@H]23)c2ccccc2O[C@@H]1c1ccccc1. The summed E-state index contributed by atoms with van der Waals surface area (Å²) < 4.78 is 6.34. The van der Waals surface area contributed by atoms with Crippen LogP contribution in [0, 0.1) is 0 Å². The van der Waals surface area contributed by atoms with E-state index in [4.69, 9.17) is 10.5 Å². The van der Waals surface area contributed by atoms with Crippen molar-refractivity contribution in [3.63, 3.8) is 0 Å². The second kappa shape index (κ2) is 17.4. The van der Waals surface area contributed by atoms with Gasteiger partial charge in [-0.15, -0.1) is 0 Å². The number of fused-ring (bicyclic) bond motifs is 2. The van der Waals surface area contributed by atoms with Crippen molar-refractivity contribution in [2.75, 3.05) is 30.3 Å². The van der Waals surface area contributed by atoms with E-state index in [1.165, 1.54) is 11.8 Å². The molecule has 6 atom stereocenters. The van der Waals surface area contributed by atoms with E-state index < -0.39 is 30.0 Å². The number of thioether (sulfide) groups is 1. The Morgan fingerprint density at radius 3 is 2.41 bits per heavy atom. The molecule has 0 aromatic heterocycles. The monoisotopic (exact) mass is 693 g/mol. The van der Waals surface area contributed by atoms with E-state index in [9.17, 15) is 24.0 Å². The van der Waals surface area contributed by atoms with Crippen molar-refractivity contribution < 1.29 is 28.7 Å². The zero-order valence-corrected chi connectivity index (χ0v) is 28.6. The van der Waals surface area contributed by atoms with Crippen LogP contribution < -0.4 is 42.0 Å². The lowest BCUT2D eigenvalue weighted by Gasteiger charge is -2.28. The molecule has 2 fully saturated rings. The van der Waals surface area contributed by atoms with Gasteiger partial charge in [-0.05, 0) is 56.7 Å². The topological polar surface area (TPSA) is 184 Å². The van der Waals surface area contributed by atoms with Crippen molar-refractivity contribution in [2.45, 2.75) is 87.4 Å². The Bertz CT molecular complexity index is 1480. The van der Waals surface area contributed by atoms with Gasteiger partial charge in [0.25, 0.3) is 5.91 Å². The average molecular weight is 694 g/mol. The standard InChI is InChI=1S/C35H47N7O6S/c1-22(36)33(45)40-31-32(23-12-4-2-5-13-23)48-26-15-7-6-14-25(26)42(34(31)46)20-29(44)38-19-11-3-10-18-37-28(43)17-9-8-16-27-30-24(21-49-27)39-35(47)41-30/h2,4-7,12-15,22,24,27,30-32H,3,8-11,16-21,36H2,1H3,(H,37,43)(H,38,44)(H,40,45)(H2,39,41,47)/t22-,24-,27?,30-,31-,32+/m0/s1. The van der Waals surface area contributed by atoms with Gasteiger partial charge in [0.1, 0.15) is 18.3 Å². The molecule has 0 aliphatic carbocycles. The summed E-state index contributed by atoms with van der Waals surface area (Å²) in [6.45, 7) is 2.27. The van der Waals surface area contributed by atoms with Crippen LogP contribution in [0.1, 0.15) is 63.5 Å². The summed E-state index contributed by atoms with van der Waals surface area (Å²) in [5.41, 5.74) is 6.95. The number of urea groups is 1. The van der Waals surface area contributed by atoms with E-state index in [0.29, 0.717) is 48.2 Å². The normalized spacial score (nSPS) is 23.2. The molecule has 13 nitrogen and oxygen atoms in total. The first-order valence-corrected chi connectivity index (χ1v) is 18.2. The number of carbonyl (C=O) groups is 5. The smallest absolute Gasteiger partial charge is 0.315 e. The lowest BCUT2D eigenvalue weighted by molar-refractivity contribution is -0.130. The molecule has 3 heterocycles. The van der Waals surface area contributed by atoms with Gasteiger partial charge in [0.2, 0.25) is 17.7 Å². The average Bonchev–Trinajstić information content (AvgIpc) is 3.62. The van der Waals surface area contributed by atoms with Crippen molar-refractivity contribution >= 4 is 47.1 Å². The minimum Gasteiger partial charge on any atom is -0.481 e. The van der Waals surface area contributed by atoms with E-state index in [0.717, 1.165) is 37.9 Å². The minimum atomic E-state index is -1.12. The fraction of sp³-hybridized carbons (Fsp3) is 0.514. The molecule has 14 heteroatoms. The lowest BCUT2D eigenvalue weighted by Crippen LogP contribution is -2.55. The quantitative estimate of drug-likeness (QED) is 0.114. The molecule has 0 bridgehead atoms. The molecule has 0 radical (unpaired) electrons. The summed E-state index contributed by atoms with van der Waals surface area (Å²) in [6, 6.07) is 14.5. The first-order valence-electron chi connectivity index (χ1n) is 17.1. The zero-order chi connectivity index (χ0) is 34.8. The summed E-state index contributed by atoms with van der Waals surface area (Å²) in [4.78, 5) is 65.0. The van der Waals surface area contributed by atoms with Crippen molar-refractivity contribution in [1.82, 2.24) is 26.6 Å². The molecule has 264 valence electrons. The van der Waals surface area contributed by atoms with Crippen LogP contribution in [0.25, 0.3) is 0 Å². The number of hydrogen-bond donors (Lipinski definition) is 6. The number of ether oxygens (including phenoxy) is 1. The Balaban J connectivity index is 1.03. The third-order valence-electron chi connectivity index (χ3n) is 8.96. The fourth-order valence-corrected chi connectivity index (χ4v) is 7.88. The Morgan fingerprint density at radius 2 is 1.65 bits per heavy atom. The molecule has 6 amide bonds. The van der Waals surface area contributed by atoms with Crippen LogP contribution in [0.2, 0.25) is 0 Å². The Kier molecular flexibility index (Phi) is 12.8. The van der Waals surface area contributed by atoms with Gasteiger partial charge in [-0.25, -0.2) is 4.79 Å². The van der Waals surface area contributed by atoms with Gasteiger partial charge >= 0.3 is 6.03 Å². The second-order valence-electron chi connectivity index (χ2n) is 12.7. The van der Waals surface area contributed by atoms with Crippen molar-refractivity contribution in [3.05, 3.63) is 60.2 Å². The van der Waals surface area contributed by atoms with Gasteiger partial charge in [-0.1, -0.05) is 48.9 Å². The highest BCUT2D eigenvalue weighted by Crippen LogP contribution is 2.38. The van der Waals surface area contributed by atoms with Gasteiger partial charge < -0.3 is 37.1 Å². The van der Waals surface area contributed by atoms with E-state index in [1.54, 1.807) is 24.3 Å². The largest absolute Gasteiger partial charge is 0.481 e. The summed E-state index contributed by atoms with van der Waals surface area (Å²) >= 11 is 1.89. The third-order valence-corrected chi connectivity index (χ3v) is 10.5. The van der Waals surface area contributed by atoms with Crippen LogP contribution >= 0.6 is 11.8 Å². The molecule has 2 aromatic rings. The number of nitrogens with two attached hydrogens (primary N) is 1. The van der Waals surface area contributed by atoms with Crippen molar-refractivity contribution in [2.24, 2.45) is 5.73 Å². The number of rotatable bonds is 16. The first kappa shape index (κ1) is 36.0. The molecule has 2 saturated heterocycles. The Morgan fingerprint density at radius 1 is 0.939 bits per heavy atom. The molecular weight excluding hydrogens is 646 g/mol. The minimum absolute atomic E-state index is 0.0392. The first-order chi connectivity index (χ1) is 23.7. The van der Waals surface area contributed by atoms with E-state index in [1.807, 2.05) is 42.1 Å². The molecule has 5 rings (SSSR count). The van der Waals surface area contributed by atoms with Crippen LogP contribution in [0.3, 0.4) is 0 Å². The number of benzene rings is 2. The molecule has 0 spiro atoms. The number of hydrogen-bond acceptors (Lipinski definition) is 8. The molecule has 3 aliphatic heterocycles. The zero-order valence-electron chi connectivity index (χ0n) is 27.8. The predicted octanol–water partition coefficient (Wildman–Crippen LogP) is 2.11. The highest BCUT2D eigenvalue weighted by atomic mass is 32.2. The summed E-state index contributed by atoms with van der Waals surface area (Å²) in [6.07, 6.45) is 4.70. The maximum absolute atomic E-state index is 14.0. The molecule has 0 saturated carbocycles. The third kappa shape index (κ3) is 9.66. The number of amides is 6.